The quantitative estimate of drug-likeness (QED) is 0.711. The number of amides is 2. The van der Waals surface area contributed by atoms with Crippen molar-refractivity contribution in [1.82, 2.24) is 19.6 Å². The maximum atomic E-state index is 12.5. The second-order valence-electron chi connectivity index (χ2n) is 8.41. The van der Waals surface area contributed by atoms with Crippen LogP contribution in [0.4, 0.5) is 0 Å². The Morgan fingerprint density at radius 1 is 1.00 bits per heavy atom. The van der Waals surface area contributed by atoms with Crippen LogP contribution in [0.25, 0.3) is 5.65 Å². The van der Waals surface area contributed by atoms with E-state index < -0.39 is 0 Å². The smallest absolute Gasteiger partial charge is 0.251 e. The Bertz CT molecular complexity index is 1060. The van der Waals surface area contributed by atoms with Crippen molar-refractivity contribution < 1.29 is 9.59 Å². The first-order valence-corrected chi connectivity index (χ1v) is 10.8. The first-order valence-electron chi connectivity index (χ1n) is 10.8. The highest BCUT2D eigenvalue weighted by atomic mass is 16.2. The molecule has 0 spiro atoms. The highest BCUT2D eigenvalue weighted by molar-refractivity contribution is 5.94. The largest absolute Gasteiger partial charge is 0.348 e. The van der Waals surface area contributed by atoms with Gasteiger partial charge in [-0.3, -0.25) is 9.59 Å². The Kier molecular flexibility index (Phi) is 4.99. The summed E-state index contributed by atoms with van der Waals surface area (Å²) in [6, 6.07) is 11.9. The number of carbonyl (C=O) groups excluding carboxylic acids is 2. The van der Waals surface area contributed by atoms with Gasteiger partial charge in [0.2, 0.25) is 5.91 Å². The highest BCUT2D eigenvalue weighted by Crippen LogP contribution is 2.34. The van der Waals surface area contributed by atoms with E-state index in [-0.39, 0.29) is 5.91 Å². The fraction of sp³-hybridized carbons (Fsp3) is 0.375. The van der Waals surface area contributed by atoms with E-state index in [0.717, 1.165) is 50.0 Å². The molecule has 0 radical (unpaired) electrons. The molecule has 1 aliphatic carbocycles. The molecule has 2 aromatic heterocycles. The molecule has 1 saturated carbocycles. The van der Waals surface area contributed by atoms with Crippen molar-refractivity contribution in [3.05, 3.63) is 71.7 Å². The molecule has 1 aliphatic heterocycles. The maximum Gasteiger partial charge on any atom is 0.251 e. The number of piperidine rings is 1. The molecule has 1 N–H and O–H groups in total. The molecular formula is C24H26N4O2. The van der Waals surface area contributed by atoms with Crippen molar-refractivity contribution in [3.8, 4) is 0 Å². The Labute approximate surface area is 175 Å². The van der Waals surface area contributed by atoms with Crippen molar-refractivity contribution >= 4 is 17.5 Å². The van der Waals surface area contributed by atoms with Crippen LogP contribution in [0, 0.1) is 5.92 Å². The molecule has 3 aromatic rings. The lowest BCUT2D eigenvalue weighted by molar-refractivity contribution is -0.133. The van der Waals surface area contributed by atoms with E-state index in [0.29, 0.717) is 29.9 Å². The van der Waals surface area contributed by atoms with Gasteiger partial charge in [-0.05, 0) is 67.0 Å². The minimum Gasteiger partial charge on any atom is -0.348 e. The third kappa shape index (κ3) is 3.95. The third-order valence-electron chi connectivity index (χ3n) is 6.29. The summed E-state index contributed by atoms with van der Waals surface area (Å²) >= 11 is 0. The molecule has 2 fully saturated rings. The molecule has 0 bridgehead atoms. The summed E-state index contributed by atoms with van der Waals surface area (Å²) in [6.07, 6.45) is 9.74. The van der Waals surface area contributed by atoms with E-state index in [1.54, 1.807) is 6.20 Å². The van der Waals surface area contributed by atoms with E-state index in [2.05, 4.69) is 22.4 Å². The molecule has 6 nitrogen and oxygen atoms in total. The Morgan fingerprint density at radius 3 is 2.50 bits per heavy atom. The van der Waals surface area contributed by atoms with Gasteiger partial charge >= 0.3 is 0 Å². The molecule has 154 valence electrons. The van der Waals surface area contributed by atoms with Gasteiger partial charge in [0, 0.05) is 49.7 Å². The minimum atomic E-state index is -0.0744. The average Bonchev–Trinajstić information content (AvgIpc) is 3.54. The number of fused-ring (bicyclic) bond motifs is 1. The summed E-state index contributed by atoms with van der Waals surface area (Å²) in [5, 5.41) is 2.99. The molecule has 0 unspecified atom stereocenters. The molecule has 30 heavy (non-hydrogen) atoms. The molecular weight excluding hydrogens is 376 g/mol. The van der Waals surface area contributed by atoms with Crippen LogP contribution in [-0.2, 0) is 11.3 Å². The molecule has 3 heterocycles. The zero-order valence-electron chi connectivity index (χ0n) is 17.0. The fourth-order valence-corrected chi connectivity index (χ4v) is 4.28. The second-order valence-corrected chi connectivity index (χ2v) is 8.41. The Balaban J connectivity index is 1.15. The lowest BCUT2D eigenvalue weighted by Crippen LogP contribution is -2.38. The van der Waals surface area contributed by atoms with E-state index in [1.807, 2.05) is 46.0 Å². The Morgan fingerprint density at radius 2 is 1.77 bits per heavy atom. The highest BCUT2D eigenvalue weighted by Gasteiger charge is 2.35. The van der Waals surface area contributed by atoms with Crippen molar-refractivity contribution in [2.75, 3.05) is 13.1 Å². The number of pyridine rings is 1. The topological polar surface area (TPSA) is 66.7 Å². The van der Waals surface area contributed by atoms with Crippen LogP contribution >= 0.6 is 0 Å². The van der Waals surface area contributed by atoms with Crippen molar-refractivity contribution in [2.24, 2.45) is 5.92 Å². The maximum absolute atomic E-state index is 12.5. The van der Waals surface area contributed by atoms with Crippen molar-refractivity contribution in [1.29, 1.82) is 0 Å². The van der Waals surface area contributed by atoms with E-state index >= 15 is 0 Å². The zero-order chi connectivity index (χ0) is 20.5. The van der Waals surface area contributed by atoms with Gasteiger partial charge in [0.05, 0.1) is 0 Å². The number of hydrogen-bond donors (Lipinski definition) is 1. The van der Waals surface area contributed by atoms with Crippen LogP contribution < -0.4 is 5.32 Å². The number of carbonyl (C=O) groups is 2. The monoisotopic (exact) mass is 402 g/mol. The molecule has 6 heteroatoms. The molecule has 0 atom stereocenters. The van der Waals surface area contributed by atoms with Crippen LogP contribution in [0.2, 0.25) is 0 Å². The van der Waals surface area contributed by atoms with Crippen LogP contribution in [0.5, 0.6) is 0 Å². The number of likely N-dealkylation sites (tertiary alicyclic amines) is 1. The van der Waals surface area contributed by atoms with Gasteiger partial charge in [-0.15, -0.1) is 0 Å². The number of imidazole rings is 1. The first-order chi connectivity index (χ1) is 14.7. The lowest BCUT2D eigenvalue weighted by atomic mass is 9.89. The summed E-state index contributed by atoms with van der Waals surface area (Å²) in [7, 11) is 0. The van der Waals surface area contributed by atoms with Crippen molar-refractivity contribution in [3.63, 3.8) is 0 Å². The van der Waals surface area contributed by atoms with E-state index in [9.17, 15) is 9.59 Å². The summed E-state index contributed by atoms with van der Waals surface area (Å²) in [5.74, 6) is 1.05. The fourth-order valence-electron chi connectivity index (χ4n) is 4.28. The predicted molar refractivity (Wildman–Crippen MR) is 114 cm³/mol. The molecule has 5 rings (SSSR count). The van der Waals surface area contributed by atoms with E-state index in [1.165, 1.54) is 5.56 Å². The van der Waals surface area contributed by atoms with Crippen LogP contribution in [-0.4, -0.2) is 39.2 Å². The average molecular weight is 402 g/mol. The van der Waals surface area contributed by atoms with Crippen LogP contribution in [0.3, 0.4) is 0 Å². The third-order valence-corrected chi connectivity index (χ3v) is 6.29. The van der Waals surface area contributed by atoms with Gasteiger partial charge in [0.15, 0.2) is 0 Å². The molecule has 1 aromatic carbocycles. The first kappa shape index (κ1) is 18.9. The number of rotatable bonds is 5. The molecule has 2 aliphatic rings. The number of nitrogens with one attached hydrogen (secondary N) is 1. The van der Waals surface area contributed by atoms with Crippen LogP contribution in [0.1, 0.15) is 53.1 Å². The minimum absolute atomic E-state index is 0.0744. The zero-order valence-corrected chi connectivity index (χ0v) is 17.0. The molecule has 1 saturated heterocycles. The summed E-state index contributed by atoms with van der Waals surface area (Å²) in [4.78, 5) is 31.1. The number of aromatic nitrogens is 2. The standard InChI is InChI=1S/C24H26N4O2/c29-23(26-16-17-7-11-27-14-10-25-22(27)15-17)20-3-1-18(2-4-20)19-8-12-28(13-9-19)24(30)21-5-6-21/h1-4,7,10-11,14-15,19,21H,5-6,8-9,12-13,16H2,(H,26,29). The van der Waals surface area contributed by atoms with Gasteiger partial charge in [0.25, 0.3) is 5.91 Å². The molecule has 2 amide bonds. The second kappa shape index (κ2) is 7.94. The van der Waals surface area contributed by atoms with Crippen LogP contribution in [0.15, 0.2) is 55.0 Å². The normalized spacial score (nSPS) is 17.3. The number of nitrogens with zero attached hydrogens (tertiary/aromatic N) is 3. The van der Waals surface area contributed by atoms with Gasteiger partial charge in [-0.2, -0.15) is 0 Å². The van der Waals surface area contributed by atoms with Gasteiger partial charge < -0.3 is 14.6 Å². The summed E-state index contributed by atoms with van der Waals surface area (Å²) in [6.45, 7) is 2.17. The Hall–Kier alpha value is -3.15. The lowest BCUT2D eigenvalue weighted by Gasteiger charge is -2.32. The summed E-state index contributed by atoms with van der Waals surface area (Å²) in [5.41, 5.74) is 3.82. The SMILES string of the molecule is O=C(NCc1ccn2ccnc2c1)c1ccc(C2CCN(C(=O)C3CC3)CC2)cc1. The van der Waals surface area contributed by atoms with Gasteiger partial charge in [-0.1, -0.05) is 12.1 Å². The number of hydrogen-bond acceptors (Lipinski definition) is 3. The predicted octanol–water partition coefficient (Wildman–Crippen LogP) is 3.38. The number of benzene rings is 1. The van der Waals surface area contributed by atoms with Gasteiger partial charge in [0.1, 0.15) is 5.65 Å². The van der Waals surface area contributed by atoms with Crippen molar-refractivity contribution in [2.45, 2.75) is 38.1 Å². The summed E-state index contributed by atoms with van der Waals surface area (Å²) < 4.78 is 1.94. The van der Waals surface area contributed by atoms with E-state index in [4.69, 9.17) is 0 Å². The van der Waals surface area contributed by atoms with Gasteiger partial charge in [-0.25, -0.2) is 4.98 Å².